The molecule has 3 N–H and O–H groups in total. The van der Waals surface area contributed by atoms with E-state index < -0.39 is 58.7 Å². The summed E-state index contributed by atoms with van der Waals surface area (Å²) in [6.07, 6.45) is 0. The van der Waals surface area contributed by atoms with Crippen LogP contribution in [0.25, 0.3) is 0 Å². The van der Waals surface area contributed by atoms with Gasteiger partial charge in [0.2, 0.25) is 0 Å². The lowest BCUT2D eigenvalue weighted by molar-refractivity contribution is -0.143. The average Bonchev–Trinajstić information content (AvgIpc) is 2.31. The number of hydrogen-bond donors (Lipinski definition) is 3. The lowest BCUT2D eigenvalue weighted by Gasteiger charge is -2.29. The third-order valence-corrected chi connectivity index (χ3v) is 8.32. The first kappa shape index (κ1) is 19.1. The minimum absolute atomic E-state index is 0.386. The minimum Gasteiger partial charge on any atom is -0.480 e. The highest BCUT2D eigenvalue weighted by Gasteiger charge is 2.66. The van der Waals surface area contributed by atoms with E-state index in [2.05, 4.69) is 0 Å². The molecule has 0 amide bonds. The van der Waals surface area contributed by atoms with Crippen molar-refractivity contribution in [2.24, 2.45) is 0 Å². The summed E-state index contributed by atoms with van der Waals surface area (Å²) in [5, 5.41) is 15.5. The molecule has 0 aromatic heterocycles. The van der Waals surface area contributed by atoms with Gasteiger partial charge in [-0.1, -0.05) is 13.8 Å². The number of hydrogen-bond acceptors (Lipinski definition) is 6. The molecule has 0 rings (SSSR count). The standard InChI is InChI=1S/C8H14O9S3/c1-3-18(13)5(6(9)10)8(7(11)12,19(14)4-2)20(15,16)17/h5H,3-4H2,1-2H3,(H,9,10)(H,11,12)(H,15,16,17). The molecule has 0 aliphatic rings. The normalized spacial score (nSPS) is 19.6. The van der Waals surface area contributed by atoms with E-state index >= 15 is 0 Å². The summed E-state index contributed by atoms with van der Waals surface area (Å²) in [6, 6.07) is 0. The van der Waals surface area contributed by atoms with Gasteiger partial charge in [-0.3, -0.25) is 17.8 Å². The summed E-state index contributed by atoms with van der Waals surface area (Å²) in [4.78, 5) is 22.5. The van der Waals surface area contributed by atoms with Crippen LogP contribution in [0.1, 0.15) is 13.8 Å². The highest BCUT2D eigenvalue weighted by atomic mass is 32.3. The Hall–Kier alpha value is -0.850. The van der Waals surface area contributed by atoms with Gasteiger partial charge in [0, 0.05) is 22.3 Å². The molecule has 0 saturated carbocycles. The van der Waals surface area contributed by atoms with Gasteiger partial charge in [-0.05, 0) is 0 Å². The molecule has 0 spiro atoms. The molecule has 118 valence electrons. The first-order valence-electron chi connectivity index (χ1n) is 5.17. The number of carboxylic acids is 2. The number of aliphatic carboxylic acids is 2. The van der Waals surface area contributed by atoms with Crippen molar-refractivity contribution in [3.63, 3.8) is 0 Å². The van der Waals surface area contributed by atoms with Crippen molar-refractivity contribution in [3.05, 3.63) is 0 Å². The fourth-order valence-corrected chi connectivity index (χ4v) is 6.71. The van der Waals surface area contributed by atoms with Gasteiger partial charge in [-0.2, -0.15) is 8.42 Å². The van der Waals surface area contributed by atoms with Crippen LogP contribution < -0.4 is 0 Å². The first-order chi connectivity index (χ1) is 8.98. The highest BCUT2D eigenvalue weighted by Crippen LogP contribution is 2.31. The van der Waals surface area contributed by atoms with Gasteiger partial charge in [0.15, 0.2) is 5.25 Å². The molecular formula is C8H14O9S3. The average molecular weight is 350 g/mol. The molecule has 0 aliphatic heterocycles. The number of carboxylic acid groups (broad SMARTS) is 2. The van der Waals surface area contributed by atoms with Crippen LogP contribution >= 0.6 is 0 Å². The number of rotatable bonds is 8. The fraction of sp³-hybridized carbons (Fsp3) is 0.750. The quantitative estimate of drug-likeness (QED) is 0.449. The summed E-state index contributed by atoms with van der Waals surface area (Å²) in [5.74, 6) is -5.31. The summed E-state index contributed by atoms with van der Waals surface area (Å²) >= 11 is 0. The summed E-state index contributed by atoms with van der Waals surface area (Å²) in [6.45, 7) is 2.38. The van der Waals surface area contributed by atoms with Crippen LogP contribution in [0.4, 0.5) is 0 Å². The van der Waals surface area contributed by atoms with E-state index in [9.17, 15) is 26.4 Å². The zero-order chi connectivity index (χ0) is 16.3. The second-order valence-electron chi connectivity index (χ2n) is 3.47. The van der Waals surface area contributed by atoms with Crippen molar-refractivity contribution >= 4 is 43.7 Å². The predicted molar refractivity (Wildman–Crippen MR) is 70.7 cm³/mol. The summed E-state index contributed by atoms with van der Waals surface area (Å²) in [7, 11) is -10.9. The molecule has 4 atom stereocenters. The Morgan fingerprint density at radius 1 is 1.15 bits per heavy atom. The van der Waals surface area contributed by atoms with E-state index in [-0.39, 0.29) is 5.75 Å². The molecule has 9 nitrogen and oxygen atoms in total. The van der Waals surface area contributed by atoms with Crippen molar-refractivity contribution in [1.29, 1.82) is 0 Å². The lowest BCUT2D eigenvalue weighted by Crippen LogP contribution is -2.63. The van der Waals surface area contributed by atoms with Gasteiger partial charge in [0.05, 0.1) is 10.8 Å². The molecule has 20 heavy (non-hydrogen) atoms. The smallest absolute Gasteiger partial charge is 0.342 e. The predicted octanol–water partition coefficient (Wildman–Crippen LogP) is -1.35. The molecule has 4 unspecified atom stereocenters. The molecule has 0 saturated heterocycles. The van der Waals surface area contributed by atoms with E-state index in [1.54, 1.807) is 0 Å². The molecule has 0 aromatic carbocycles. The Balaban J connectivity index is 6.67. The molecular weight excluding hydrogens is 336 g/mol. The highest BCUT2D eigenvalue weighted by molar-refractivity contribution is 8.07. The molecule has 0 fully saturated rings. The van der Waals surface area contributed by atoms with Crippen LogP contribution in [-0.2, 0) is 41.3 Å². The Bertz CT molecular complexity index is 552. The molecule has 12 heteroatoms. The zero-order valence-electron chi connectivity index (χ0n) is 10.5. The van der Waals surface area contributed by atoms with E-state index in [0.717, 1.165) is 6.92 Å². The van der Waals surface area contributed by atoms with E-state index in [1.165, 1.54) is 6.92 Å². The summed E-state index contributed by atoms with van der Waals surface area (Å²) < 4.78 is 52.1. The van der Waals surface area contributed by atoms with Crippen LogP contribution in [0.3, 0.4) is 0 Å². The number of carbonyl (C=O) groups is 2. The maximum Gasteiger partial charge on any atom is 0.342 e. The third kappa shape index (κ3) is 3.07. The van der Waals surface area contributed by atoms with Gasteiger partial charge in [-0.25, -0.2) is 4.79 Å². The van der Waals surface area contributed by atoms with Crippen LogP contribution in [-0.4, -0.2) is 64.4 Å². The maximum atomic E-state index is 11.9. The van der Waals surface area contributed by atoms with Gasteiger partial charge in [0.25, 0.3) is 14.2 Å². The van der Waals surface area contributed by atoms with Crippen molar-refractivity contribution in [2.45, 2.75) is 23.2 Å². The summed E-state index contributed by atoms with van der Waals surface area (Å²) in [5.41, 5.74) is 0. The minimum atomic E-state index is -5.61. The van der Waals surface area contributed by atoms with Gasteiger partial charge >= 0.3 is 11.9 Å². The van der Waals surface area contributed by atoms with Crippen LogP contribution in [0.15, 0.2) is 0 Å². The fourth-order valence-electron chi connectivity index (χ4n) is 1.52. The molecule has 0 aromatic rings. The van der Waals surface area contributed by atoms with Crippen molar-refractivity contribution < 1.29 is 41.2 Å². The molecule has 0 heterocycles. The van der Waals surface area contributed by atoms with Gasteiger partial charge in [-0.15, -0.1) is 0 Å². The molecule has 0 aliphatic carbocycles. The van der Waals surface area contributed by atoms with Crippen molar-refractivity contribution in [1.82, 2.24) is 0 Å². The van der Waals surface area contributed by atoms with E-state index in [0.29, 0.717) is 0 Å². The lowest BCUT2D eigenvalue weighted by atomic mass is 10.3. The second-order valence-corrected chi connectivity index (χ2v) is 9.04. The van der Waals surface area contributed by atoms with Gasteiger partial charge in [0.1, 0.15) is 0 Å². The van der Waals surface area contributed by atoms with Crippen molar-refractivity contribution in [2.75, 3.05) is 11.5 Å². The van der Waals surface area contributed by atoms with Crippen molar-refractivity contribution in [3.8, 4) is 0 Å². The van der Waals surface area contributed by atoms with E-state index in [4.69, 9.17) is 14.8 Å². The zero-order valence-corrected chi connectivity index (χ0v) is 13.0. The largest absolute Gasteiger partial charge is 0.480 e. The molecule has 0 radical (unpaired) electrons. The third-order valence-electron chi connectivity index (χ3n) is 2.40. The Morgan fingerprint density at radius 3 is 1.80 bits per heavy atom. The second kappa shape index (κ2) is 6.74. The maximum absolute atomic E-state index is 11.9. The first-order valence-corrected chi connectivity index (χ1v) is 9.31. The molecule has 0 bridgehead atoms. The SMILES string of the molecule is CCS(=O)C(C(=O)O)C(C(=O)O)(S(=O)CC)S(=O)(=O)O. The Kier molecular flexibility index (Phi) is 6.45. The van der Waals surface area contributed by atoms with Crippen LogP contribution in [0.5, 0.6) is 0 Å². The monoisotopic (exact) mass is 350 g/mol. The Morgan fingerprint density at radius 2 is 1.60 bits per heavy atom. The topological polar surface area (TPSA) is 163 Å². The Labute approximate surface area is 120 Å². The van der Waals surface area contributed by atoms with Crippen LogP contribution in [0.2, 0.25) is 0 Å². The van der Waals surface area contributed by atoms with E-state index in [1.807, 2.05) is 0 Å². The van der Waals surface area contributed by atoms with Crippen LogP contribution in [0, 0.1) is 0 Å². The van der Waals surface area contributed by atoms with Gasteiger partial charge < -0.3 is 10.2 Å².